The van der Waals surface area contributed by atoms with Gasteiger partial charge in [0.2, 0.25) is 5.91 Å². The average Bonchev–Trinajstić information content (AvgIpc) is 2.59. The molecule has 1 heterocycles. The molecule has 0 N–H and O–H groups in total. The summed E-state index contributed by atoms with van der Waals surface area (Å²) in [6.07, 6.45) is 1.04. The molecule has 3 rings (SSSR count). The van der Waals surface area contributed by atoms with Crippen LogP contribution >= 0.6 is 11.6 Å². The van der Waals surface area contributed by atoms with E-state index in [-0.39, 0.29) is 5.91 Å². The second-order valence-corrected chi connectivity index (χ2v) is 5.75. The summed E-state index contributed by atoms with van der Waals surface area (Å²) in [5.41, 5.74) is 1.77. The predicted molar refractivity (Wildman–Crippen MR) is 90.6 cm³/mol. The number of benzene rings is 2. The third kappa shape index (κ3) is 3.42. The van der Waals surface area contributed by atoms with Gasteiger partial charge in [-0.25, -0.2) is 0 Å². The summed E-state index contributed by atoms with van der Waals surface area (Å²) in [5.74, 6) is 1.57. The van der Waals surface area contributed by atoms with Crippen molar-refractivity contribution in [1.29, 1.82) is 0 Å². The molecule has 5 heteroatoms. The van der Waals surface area contributed by atoms with E-state index in [4.69, 9.17) is 21.1 Å². The van der Waals surface area contributed by atoms with Crippen molar-refractivity contribution >= 4 is 23.2 Å². The van der Waals surface area contributed by atoms with E-state index in [0.29, 0.717) is 36.8 Å². The van der Waals surface area contributed by atoms with E-state index in [9.17, 15) is 4.79 Å². The quantitative estimate of drug-likeness (QED) is 0.857. The molecule has 1 aliphatic heterocycles. The number of hydrogen-bond acceptors (Lipinski definition) is 3. The highest BCUT2D eigenvalue weighted by Crippen LogP contribution is 2.34. The fourth-order valence-electron chi connectivity index (χ4n) is 2.74. The molecular weight excluding hydrogens is 314 g/mol. The number of halogens is 1. The molecule has 0 radical (unpaired) electrons. The average molecular weight is 332 g/mol. The molecule has 0 saturated heterocycles. The molecule has 120 valence electrons. The van der Waals surface area contributed by atoms with Crippen LogP contribution < -0.4 is 14.4 Å². The number of carbonyl (C=O) groups excluding carboxylic acids is 1. The first-order valence-corrected chi connectivity index (χ1v) is 7.91. The van der Waals surface area contributed by atoms with Gasteiger partial charge in [0.15, 0.2) is 0 Å². The standard InChI is InChI=1S/C18H18ClNO3/c1-22-16-5-3-2-4-13(16)6-9-18(21)20-10-11-23-17-8-7-14(19)12-15(17)20/h2-5,7-8,12H,6,9-11H2,1H3. The van der Waals surface area contributed by atoms with Gasteiger partial charge in [0, 0.05) is 11.4 Å². The van der Waals surface area contributed by atoms with E-state index in [2.05, 4.69) is 0 Å². The molecule has 2 aromatic carbocycles. The monoisotopic (exact) mass is 331 g/mol. The molecule has 0 unspecified atom stereocenters. The highest BCUT2D eigenvalue weighted by Gasteiger charge is 2.23. The normalized spacial score (nSPS) is 13.2. The van der Waals surface area contributed by atoms with Gasteiger partial charge in [-0.2, -0.15) is 0 Å². The van der Waals surface area contributed by atoms with Crippen LogP contribution in [0.3, 0.4) is 0 Å². The van der Waals surface area contributed by atoms with E-state index in [1.54, 1.807) is 30.2 Å². The van der Waals surface area contributed by atoms with Crippen molar-refractivity contribution in [1.82, 2.24) is 0 Å². The number of methoxy groups -OCH3 is 1. The molecule has 2 aromatic rings. The van der Waals surface area contributed by atoms with E-state index < -0.39 is 0 Å². The third-order valence-corrected chi connectivity index (χ3v) is 4.12. The van der Waals surface area contributed by atoms with Gasteiger partial charge in [-0.05, 0) is 36.2 Å². The summed E-state index contributed by atoms with van der Waals surface area (Å²) in [5, 5.41) is 0.594. The number of aryl methyl sites for hydroxylation is 1. The van der Waals surface area contributed by atoms with Gasteiger partial charge < -0.3 is 14.4 Å². The minimum absolute atomic E-state index is 0.0581. The number of carbonyl (C=O) groups is 1. The number of anilines is 1. The number of hydrogen-bond donors (Lipinski definition) is 0. The number of nitrogens with zero attached hydrogens (tertiary/aromatic N) is 1. The summed E-state index contributed by atoms with van der Waals surface area (Å²) in [4.78, 5) is 14.4. The van der Waals surface area contributed by atoms with Crippen molar-refractivity contribution in [3.8, 4) is 11.5 Å². The first-order valence-electron chi connectivity index (χ1n) is 7.53. The highest BCUT2D eigenvalue weighted by molar-refractivity contribution is 6.31. The number of fused-ring (bicyclic) bond motifs is 1. The summed E-state index contributed by atoms with van der Waals surface area (Å²) in [6.45, 7) is 1.03. The van der Waals surface area contributed by atoms with Crippen molar-refractivity contribution in [2.24, 2.45) is 0 Å². The van der Waals surface area contributed by atoms with Gasteiger partial charge in [0.1, 0.15) is 18.1 Å². The zero-order valence-electron chi connectivity index (χ0n) is 12.9. The Morgan fingerprint density at radius 2 is 2.13 bits per heavy atom. The molecule has 0 atom stereocenters. The van der Waals surface area contributed by atoms with Crippen LogP contribution in [-0.2, 0) is 11.2 Å². The van der Waals surface area contributed by atoms with E-state index >= 15 is 0 Å². The van der Waals surface area contributed by atoms with Gasteiger partial charge in [0.05, 0.1) is 19.3 Å². The number of para-hydroxylation sites is 1. The number of ether oxygens (including phenoxy) is 2. The highest BCUT2D eigenvalue weighted by atomic mass is 35.5. The Morgan fingerprint density at radius 3 is 2.96 bits per heavy atom. The first kappa shape index (κ1) is 15.7. The van der Waals surface area contributed by atoms with Crippen molar-refractivity contribution in [3.05, 3.63) is 53.1 Å². The molecule has 1 aliphatic rings. The van der Waals surface area contributed by atoms with E-state index in [1.165, 1.54) is 0 Å². The van der Waals surface area contributed by atoms with Crippen molar-refractivity contribution in [3.63, 3.8) is 0 Å². The molecule has 23 heavy (non-hydrogen) atoms. The Labute approximate surface area is 140 Å². The third-order valence-electron chi connectivity index (χ3n) is 3.89. The summed E-state index contributed by atoms with van der Waals surface area (Å²) < 4.78 is 10.9. The summed E-state index contributed by atoms with van der Waals surface area (Å²) >= 11 is 6.05. The topological polar surface area (TPSA) is 38.8 Å². The second-order valence-electron chi connectivity index (χ2n) is 5.32. The molecule has 0 saturated carbocycles. The van der Waals surface area contributed by atoms with Gasteiger partial charge in [0.25, 0.3) is 0 Å². The van der Waals surface area contributed by atoms with Gasteiger partial charge in [-0.15, -0.1) is 0 Å². The van der Waals surface area contributed by atoms with Crippen LogP contribution in [0.2, 0.25) is 5.02 Å². The smallest absolute Gasteiger partial charge is 0.227 e. The largest absolute Gasteiger partial charge is 0.496 e. The lowest BCUT2D eigenvalue weighted by atomic mass is 10.1. The minimum Gasteiger partial charge on any atom is -0.496 e. The van der Waals surface area contributed by atoms with Crippen molar-refractivity contribution < 1.29 is 14.3 Å². The Bertz CT molecular complexity index is 717. The number of amides is 1. The second kappa shape index (κ2) is 6.92. The SMILES string of the molecule is COc1ccccc1CCC(=O)N1CCOc2ccc(Cl)cc21. The van der Waals surface area contributed by atoms with Crippen LogP contribution in [0.15, 0.2) is 42.5 Å². The lowest BCUT2D eigenvalue weighted by Crippen LogP contribution is -2.38. The molecule has 1 amide bonds. The summed E-state index contributed by atoms with van der Waals surface area (Å²) in [6, 6.07) is 13.1. The Hall–Kier alpha value is -2.20. The zero-order chi connectivity index (χ0) is 16.2. The lowest BCUT2D eigenvalue weighted by Gasteiger charge is -2.29. The van der Waals surface area contributed by atoms with E-state index in [1.807, 2.05) is 24.3 Å². The fourth-order valence-corrected chi connectivity index (χ4v) is 2.90. The first-order chi connectivity index (χ1) is 11.2. The van der Waals surface area contributed by atoms with Gasteiger partial charge in [-0.1, -0.05) is 29.8 Å². The summed E-state index contributed by atoms with van der Waals surface area (Å²) in [7, 11) is 1.64. The van der Waals surface area contributed by atoms with Gasteiger partial charge in [-0.3, -0.25) is 4.79 Å². The molecule has 0 aliphatic carbocycles. The fraction of sp³-hybridized carbons (Fsp3) is 0.278. The van der Waals surface area contributed by atoms with Crippen LogP contribution in [0.1, 0.15) is 12.0 Å². The molecular formula is C18H18ClNO3. The van der Waals surface area contributed by atoms with Gasteiger partial charge >= 0.3 is 0 Å². The predicted octanol–water partition coefficient (Wildman–Crippen LogP) is 3.71. The molecule has 4 nitrogen and oxygen atoms in total. The van der Waals surface area contributed by atoms with E-state index in [0.717, 1.165) is 17.0 Å². The maximum atomic E-state index is 12.6. The van der Waals surface area contributed by atoms with Crippen LogP contribution in [0.5, 0.6) is 11.5 Å². The van der Waals surface area contributed by atoms with Crippen LogP contribution in [-0.4, -0.2) is 26.2 Å². The Balaban J connectivity index is 1.74. The van der Waals surface area contributed by atoms with Crippen LogP contribution in [0.25, 0.3) is 0 Å². The molecule has 0 spiro atoms. The van der Waals surface area contributed by atoms with Crippen LogP contribution in [0.4, 0.5) is 5.69 Å². The zero-order valence-corrected chi connectivity index (χ0v) is 13.7. The maximum absolute atomic E-state index is 12.6. The van der Waals surface area contributed by atoms with Crippen molar-refractivity contribution in [2.75, 3.05) is 25.2 Å². The molecule has 0 aromatic heterocycles. The van der Waals surface area contributed by atoms with Crippen LogP contribution in [0, 0.1) is 0 Å². The maximum Gasteiger partial charge on any atom is 0.227 e. The Kier molecular flexibility index (Phi) is 4.72. The molecule has 0 bridgehead atoms. The minimum atomic E-state index is 0.0581. The molecule has 0 fully saturated rings. The lowest BCUT2D eigenvalue weighted by molar-refractivity contribution is -0.118. The van der Waals surface area contributed by atoms with Crippen molar-refractivity contribution in [2.45, 2.75) is 12.8 Å². The number of rotatable bonds is 4. The Morgan fingerprint density at radius 1 is 1.30 bits per heavy atom.